The number of amides is 1. The van der Waals surface area contributed by atoms with Crippen molar-refractivity contribution >= 4 is 11.6 Å². The molecule has 3 heterocycles. The number of nitrogens with zero attached hydrogens (tertiary/aromatic N) is 5. The number of fused-ring (bicyclic) bond motifs is 1. The molecule has 1 aliphatic rings. The number of hydrogen-bond donors (Lipinski definition) is 0. The molecule has 0 aromatic carbocycles. The first-order valence-electron chi connectivity index (χ1n) is 9.06. The third-order valence-corrected chi connectivity index (χ3v) is 4.67. The highest BCUT2D eigenvalue weighted by atomic mass is 16.2. The Bertz CT molecular complexity index is 717. The van der Waals surface area contributed by atoms with E-state index in [1.165, 1.54) is 0 Å². The predicted molar refractivity (Wildman–Crippen MR) is 104 cm³/mol. The van der Waals surface area contributed by atoms with E-state index >= 15 is 0 Å². The second-order valence-electron chi connectivity index (χ2n) is 6.63. The van der Waals surface area contributed by atoms with E-state index in [1.807, 2.05) is 24.4 Å². The minimum Gasteiger partial charge on any atom is -0.334 e. The highest BCUT2D eigenvalue weighted by Crippen LogP contribution is 2.10. The maximum absolute atomic E-state index is 12.4. The lowest BCUT2D eigenvalue weighted by molar-refractivity contribution is -0.131. The highest BCUT2D eigenvalue weighted by Gasteiger charge is 2.21. The first-order chi connectivity index (χ1) is 12.7. The van der Waals surface area contributed by atoms with Crippen molar-refractivity contribution in [1.29, 1.82) is 0 Å². The summed E-state index contributed by atoms with van der Waals surface area (Å²) in [6.07, 6.45) is 7.63. The fourth-order valence-corrected chi connectivity index (χ4v) is 3.28. The Balaban J connectivity index is 1.48. The lowest BCUT2D eigenvalue weighted by Crippen LogP contribution is -2.49. The molecule has 1 fully saturated rings. The summed E-state index contributed by atoms with van der Waals surface area (Å²) in [5.41, 5.74) is 2.07. The molecule has 0 atom stereocenters. The molecule has 1 saturated heterocycles. The molecule has 1 amide bonds. The average Bonchev–Trinajstić information content (AvgIpc) is 3.05. The zero-order valence-electron chi connectivity index (χ0n) is 15.3. The fourth-order valence-electron chi connectivity index (χ4n) is 3.28. The van der Waals surface area contributed by atoms with Gasteiger partial charge in [-0.1, -0.05) is 18.2 Å². The van der Waals surface area contributed by atoms with Gasteiger partial charge in [0, 0.05) is 58.2 Å². The summed E-state index contributed by atoms with van der Waals surface area (Å²) in [6, 6.07) is 6.03. The zero-order chi connectivity index (χ0) is 18.4. The van der Waals surface area contributed by atoms with Crippen molar-refractivity contribution in [2.45, 2.75) is 6.54 Å². The van der Waals surface area contributed by atoms with Gasteiger partial charge in [-0.2, -0.15) is 0 Å². The van der Waals surface area contributed by atoms with E-state index in [-0.39, 0.29) is 5.91 Å². The Morgan fingerprint density at radius 3 is 2.46 bits per heavy atom. The molecule has 6 heteroatoms. The molecule has 0 saturated carbocycles. The molecule has 0 unspecified atom stereocenters. The van der Waals surface area contributed by atoms with Crippen LogP contribution in [-0.2, 0) is 11.3 Å². The van der Waals surface area contributed by atoms with Crippen LogP contribution in [0.3, 0.4) is 0 Å². The Labute approximate surface area is 155 Å². The first-order valence-corrected chi connectivity index (χ1v) is 9.06. The van der Waals surface area contributed by atoms with E-state index < -0.39 is 0 Å². The van der Waals surface area contributed by atoms with Crippen molar-refractivity contribution in [1.82, 2.24) is 24.1 Å². The van der Waals surface area contributed by atoms with Gasteiger partial charge in [-0.3, -0.25) is 14.6 Å². The molecular weight excluding hydrogens is 326 g/mol. The largest absolute Gasteiger partial charge is 0.334 e. The van der Waals surface area contributed by atoms with Crippen LogP contribution in [0.2, 0.25) is 0 Å². The predicted octanol–water partition coefficient (Wildman–Crippen LogP) is 1.65. The summed E-state index contributed by atoms with van der Waals surface area (Å²) >= 11 is 0. The minimum absolute atomic E-state index is 0.138. The van der Waals surface area contributed by atoms with E-state index in [9.17, 15) is 4.79 Å². The van der Waals surface area contributed by atoms with Crippen molar-refractivity contribution in [2.75, 3.05) is 45.8 Å². The van der Waals surface area contributed by atoms with Crippen LogP contribution in [0.15, 0.2) is 55.9 Å². The summed E-state index contributed by atoms with van der Waals surface area (Å²) in [4.78, 5) is 23.5. The van der Waals surface area contributed by atoms with Crippen LogP contribution in [0.25, 0.3) is 5.65 Å². The molecule has 0 aliphatic carbocycles. The van der Waals surface area contributed by atoms with E-state index in [0.29, 0.717) is 19.6 Å². The van der Waals surface area contributed by atoms with Crippen LogP contribution in [-0.4, -0.2) is 75.8 Å². The normalized spacial score (nSPS) is 15.8. The highest BCUT2D eigenvalue weighted by molar-refractivity contribution is 5.78. The summed E-state index contributed by atoms with van der Waals surface area (Å²) in [5, 5.41) is 0. The van der Waals surface area contributed by atoms with Gasteiger partial charge in [0.15, 0.2) is 0 Å². The Kier molecular flexibility index (Phi) is 6.20. The number of carbonyl (C=O) groups excluding carboxylic acids is 1. The number of carbonyl (C=O) groups is 1. The Morgan fingerprint density at radius 1 is 1.12 bits per heavy atom. The molecule has 138 valence electrons. The number of hydrogen-bond acceptors (Lipinski definition) is 4. The molecule has 0 spiro atoms. The van der Waals surface area contributed by atoms with Gasteiger partial charge in [0.1, 0.15) is 5.65 Å². The monoisotopic (exact) mass is 353 g/mol. The number of piperazine rings is 1. The van der Waals surface area contributed by atoms with Crippen molar-refractivity contribution in [2.24, 2.45) is 0 Å². The molecule has 6 nitrogen and oxygen atoms in total. The summed E-state index contributed by atoms with van der Waals surface area (Å²) in [6.45, 7) is 13.6. The van der Waals surface area contributed by atoms with Crippen LogP contribution in [0, 0.1) is 0 Å². The van der Waals surface area contributed by atoms with E-state index in [4.69, 9.17) is 0 Å². The lowest BCUT2D eigenvalue weighted by atomic mass is 10.3. The van der Waals surface area contributed by atoms with Gasteiger partial charge in [-0.05, 0) is 12.1 Å². The van der Waals surface area contributed by atoms with Gasteiger partial charge in [0.25, 0.3) is 0 Å². The summed E-state index contributed by atoms with van der Waals surface area (Å²) in [7, 11) is 0. The first kappa shape index (κ1) is 18.4. The van der Waals surface area contributed by atoms with Gasteiger partial charge >= 0.3 is 0 Å². The van der Waals surface area contributed by atoms with Gasteiger partial charge in [-0.15, -0.1) is 13.2 Å². The number of pyridine rings is 1. The molecule has 2 aromatic rings. The Hall–Kier alpha value is -2.44. The zero-order valence-corrected chi connectivity index (χ0v) is 15.3. The van der Waals surface area contributed by atoms with Gasteiger partial charge in [0.05, 0.1) is 12.2 Å². The fraction of sp³-hybridized carbons (Fsp3) is 0.400. The van der Waals surface area contributed by atoms with Crippen LogP contribution in [0.1, 0.15) is 5.69 Å². The maximum atomic E-state index is 12.4. The van der Waals surface area contributed by atoms with E-state index in [1.54, 1.807) is 17.1 Å². The summed E-state index contributed by atoms with van der Waals surface area (Å²) in [5.74, 6) is 0.138. The number of imidazole rings is 1. The molecule has 0 bridgehead atoms. The van der Waals surface area contributed by atoms with E-state index in [2.05, 4.69) is 38.5 Å². The second kappa shape index (κ2) is 8.78. The molecule has 1 aliphatic heterocycles. The van der Waals surface area contributed by atoms with Gasteiger partial charge in [-0.25, -0.2) is 4.98 Å². The average molecular weight is 353 g/mol. The lowest BCUT2D eigenvalue weighted by Gasteiger charge is -2.34. The van der Waals surface area contributed by atoms with Crippen molar-refractivity contribution in [3.8, 4) is 0 Å². The van der Waals surface area contributed by atoms with Crippen LogP contribution >= 0.6 is 0 Å². The molecule has 2 aromatic heterocycles. The molecular formula is C20H27N5O. The van der Waals surface area contributed by atoms with Crippen molar-refractivity contribution in [3.63, 3.8) is 0 Å². The van der Waals surface area contributed by atoms with Crippen LogP contribution < -0.4 is 0 Å². The SMILES string of the molecule is C=CCN(CC=C)C(=O)CN1CCN(Cc2cn3ccccc3n2)CC1. The standard InChI is InChI=1S/C20H27N5O/c1-3-8-24(9-4-2)20(26)17-23-13-11-22(12-14-23)15-18-16-25-10-6-5-7-19(25)21-18/h3-7,10,16H,1-2,8-9,11-15,17H2. The van der Waals surface area contributed by atoms with Crippen LogP contribution in [0.5, 0.6) is 0 Å². The van der Waals surface area contributed by atoms with Gasteiger partial charge in [0.2, 0.25) is 5.91 Å². The molecule has 26 heavy (non-hydrogen) atoms. The van der Waals surface area contributed by atoms with Crippen molar-refractivity contribution < 1.29 is 4.79 Å². The van der Waals surface area contributed by atoms with Gasteiger partial charge < -0.3 is 9.30 Å². The van der Waals surface area contributed by atoms with Crippen LogP contribution in [0.4, 0.5) is 0 Å². The third-order valence-electron chi connectivity index (χ3n) is 4.67. The molecule has 0 radical (unpaired) electrons. The Morgan fingerprint density at radius 2 is 1.81 bits per heavy atom. The minimum atomic E-state index is 0.138. The molecule has 0 N–H and O–H groups in total. The third kappa shape index (κ3) is 4.59. The van der Waals surface area contributed by atoms with Crippen molar-refractivity contribution in [3.05, 3.63) is 61.6 Å². The summed E-state index contributed by atoms with van der Waals surface area (Å²) < 4.78 is 2.05. The second-order valence-corrected chi connectivity index (χ2v) is 6.63. The quantitative estimate of drug-likeness (QED) is 0.677. The number of aromatic nitrogens is 2. The topological polar surface area (TPSA) is 44.1 Å². The number of rotatable bonds is 8. The maximum Gasteiger partial charge on any atom is 0.237 e. The molecule has 3 rings (SSSR count). The van der Waals surface area contributed by atoms with E-state index in [0.717, 1.165) is 44.1 Å². The smallest absolute Gasteiger partial charge is 0.237 e.